The van der Waals surface area contributed by atoms with Gasteiger partial charge in [-0.25, -0.2) is 0 Å². The number of nitrogens with zero attached hydrogens (tertiary/aromatic N) is 3. The first-order chi connectivity index (χ1) is 8.78. The maximum absolute atomic E-state index is 8.71. The average molecular weight is 253 g/mol. The number of aromatic nitrogens is 2. The van der Waals surface area contributed by atoms with Crippen LogP contribution < -0.4 is 0 Å². The Morgan fingerprint density at radius 3 is 2.83 bits per heavy atom. The molecule has 0 amide bonds. The van der Waals surface area contributed by atoms with Gasteiger partial charge in [0.2, 0.25) is 0 Å². The molecular formula is C13H23N3O2. The third-order valence-electron chi connectivity index (χ3n) is 3.36. The van der Waals surface area contributed by atoms with Crippen molar-refractivity contribution in [1.82, 2.24) is 14.7 Å². The SMILES string of the molecule is Cn1cc(CN2CCC(OCCCO)CC2)cn1. The molecule has 0 aliphatic carbocycles. The fourth-order valence-corrected chi connectivity index (χ4v) is 2.36. The molecule has 0 bridgehead atoms. The molecule has 0 aromatic carbocycles. The van der Waals surface area contributed by atoms with Crippen LogP contribution in [-0.4, -0.2) is 52.2 Å². The van der Waals surface area contributed by atoms with Crippen LogP contribution in [0.4, 0.5) is 0 Å². The van der Waals surface area contributed by atoms with E-state index in [-0.39, 0.29) is 6.61 Å². The number of rotatable bonds is 6. The molecule has 1 fully saturated rings. The van der Waals surface area contributed by atoms with Gasteiger partial charge >= 0.3 is 0 Å². The normalized spacial score (nSPS) is 18.3. The summed E-state index contributed by atoms with van der Waals surface area (Å²) >= 11 is 0. The van der Waals surface area contributed by atoms with Gasteiger partial charge in [-0.15, -0.1) is 0 Å². The molecule has 1 N–H and O–H groups in total. The number of hydrogen-bond donors (Lipinski definition) is 1. The number of ether oxygens (including phenoxy) is 1. The molecule has 0 unspecified atom stereocenters. The number of aliphatic hydroxyl groups is 1. The van der Waals surface area contributed by atoms with Crippen molar-refractivity contribution in [3.05, 3.63) is 18.0 Å². The zero-order valence-corrected chi connectivity index (χ0v) is 11.1. The Kier molecular flexibility index (Phi) is 5.16. The number of aryl methyl sites for hydroxylation is 1. The predicted octanol–water partition coefficient (Wildman–Crippen LogP) is 0.783. The van der Waals surface area contributed by atoms with E-state index in [0.29, 0.717) is 12.7 Å². The largest absolute Gasteiger partial charge is 0.396 e. The van der Waals surface area contributed by atoms with Gasteiger partial charge in [0, 0.05) is 51.7 Å². The van der Waals surface area contributed by atoms with E-state index in [1.54, 1.807) is 0 Å². The van der Waals surface area contributed by atoms with Crippen molar-refractivity contribution < 1.29 is 9.84 Å². The van der Waals surface area contributed by atoms with Crippen molar-refractivity contribution in [2.45, 2.75) is 31.9 Å². The average Bonchev–Trinajstić information content (AvgIpc) is 2.77. The summed E-state index contributed by atoms with van der Waals surface area (Å²) < 4.78 is 7.57. The monoisotopic (exact) mass is 253 g/mol. The van der Waals surface area contributed by atoms with E-state index in [0.717, 1.165) is 38.9 Å². The van der Waals surface area contributed by atoms with E-state index in [2.05, 4.69) is 16.2 Å². The third-order valence-corrected chi connectivity index (χ3v) is 3.36. The second-order valence-corrected chi connectivity index (χ2v) is 4.95. The summed E-state index contributed by atoms with van der Waals surface area (Å²) in [5.41, 5.74) is 1.28. The first-order valence-electron chi connectivity index (χ1n) is 6.70. The van der Waals surface area contributed by atoms with Crippen LogP contribution in [0, 0.1) is 0 Å². The lowest BCUT2D eigenvalue weighted by Gasteiger charge is -2.31. The molecule has 0 spiro atoms. The molecule has 1 aromatic rings. The topological polar surface area (TPSA) is 50.5 Å². The smallest absolute Gasteiger partial charge is 0.0599 e. The lowest BCUT2D eigenvalue weighted by Crippen LogP contribution is -2.36. The zero-order valence-electron chi connectivity index (χ0n) is 11.1. The molecule has 1 saturated heterocycles. The fraction of sp³-hybridized carbons (Fsp3) is 0.769. The van der Waals surface area contributed by atoms with Crippen LogP contribution in [0.15, 0.2) is 12.4 Å². The van der Waals surface area contributed by atoms with Crippen molar-refractivity contribution in [2.24, 2.45) is 7.05 Å². The van der Waals surface area contributed by atoms with Gasteiger partial charge in [-0.2, -0.15) is 5.10 Å². The highest BCUT2D eigenvalue weighted by Crippen LogP contribution is 2.16. The van der Waals surface area contributed by atoms with Gasteiger partial charge in [0.15, 0.2) is 0 Å². The Bertz CT molecular complexity index is 346. The van der Waals surface area contributed by atoms with E-state index >= 15 is 0 Å². The van der Waals surface area contributed by atoms with Gasteiger partial charge in [0.1, 0.15) is 0 Å². The summed E-state index contributed by atoms with van der Waals surface area (Å²) in [5, 5.41) is 12.9. The lowest BCUT2D eigenvalue weighted by molar-refractivity contribution is 0.000783. The van der Waals surface area contributed by atoms with E-state index in [1.165, 1.54) is 5.56 Å². The molecule has 0 radical (unpaired) electrons. The highest BCUT2D eigenvalue weighted by molar-refractivity contribution is 5.03. The van der Waals surface area contributed by atoms with Crippen molar-refractivity contribution in [3.8, 4) is 0 Å². The van der Waals surface area contributed by atoms with Gasteiger partial charge in [-0.1, -0.05) is 0 Å². The standard InChI is InChI=1S/C13H23N3O2/c1-15-10-12(9-14-15)11-16-5-3-13(4-6-16)18-8-2-7-17/h9-10,13,17H,2-8,11H2,1H3. The van der Waals surface area contributed by atoms with Crippen LogP contribution in [0.2, 0.25) is 0 Å². The zero-order chi connectivity index (χ0) is 12.8. The van der Waals surface area contributed by atoms with E-state index in [9.17, 15) is 0 Å². The number of hydrogen-bond acceptors (Lipinski definition) is 4. The molecule has 2 rings (SSSR count). The molecule has 0 atom stereocenters. The Morgan fingerprint density at radius 2 is 2.22 bits per heavy atom. The van der Waals surface area contributed by atoms with Crippen molar-refractivity contribution >= 4 is 0 Å². The number of aliphatic hydroxyl groups excluding tert-OH is 1. The summed E-state index contributed by atoms with van der Waals surface area (Å²) in [6.07, 6.45) is 7.31. The van der Waals surface area contributed by atoms with Gasteiger partial charge < -0.3 is 9.84 Å². The van der Waals surface area contributed by atoms with Crippen LogP contribution in [-0.2, 0) is 18.3 Å². The molecule has 1 aliphatic heterocycles. The summed E-state index contributed by atoms with van der Waals surface area (Å²) in [4.78, 5) is 2.45. The summed E-state index contributed by atoms with van der Waals surface area (Å²) in [6, 6.07) is 0. The Labute approximate surface area is 108 Å². The van der Waals surface area contributed by atoms with Gasteiger partial charge in [0.25, 0.3) is 0 Å². The molecule has 102 valence electrons. The molecule has 0 saturated carbocycles. The molecule has 1 aliphatic rings. The molecular weight excluding hydrogens is 230 g/mol. The second kappa shape index (κ2) is 6.87. The Morgan fingerprint density at radius 1 is 1.44 bits per heavy atom. The highest BCUT2D eigenvalue weighted by atomic mass is 16.5. The van der Waals surface area contributed by atoms with E-state index < -0.39 is 0 Å². The van der Waals surface area contributed by atoms with Crippen molar-refractivity contribution in [1.29, 1.82) is 0 Å². The quantitative estimate of drug-likeness (QED) is 0.761. The van der Waals surface area contributed by atoms with Crippen LogP contribution in [0.3, 0.4) is 0 Å². The molecule has 5 heteroatoms. The summed E-state index contributed by atoms with van der Waals surface area (Å²) in [7, 11) is 1.95. The minimum atomic E-state index is 0.222. The van der Waals surface area contributed by atoms with E-state index in [4.69, 9.17) is 9.84 Å². The van der Waals surface area contributed by atoms with Crippen molar-refractivity contribution in [3.63, 3.8) is 0 Å². The maximum atomic E-state index is 8.71. The summed E-state index contributed by atoms with van der Waals surface area (Å²) in [5.74, 6) is 0. The number of piperidine rings is 1. The van der Waals surface area contributed by atoms with Crippen LogP contribution >= 0.6 is 0 Å². The van der Waals surface area contributed by atoms with Gasteiger partial charge in [-0.05, 0) is 19.3 Å². The molecule has 5 nitrogen and oxygen atoms in total. The second-order valence-electron chi connectivity index (χ2n) is 4.95. The lowest BCUT2D eigenvalue weighted by atomic mass is 10.1. The van der Waals surface area contributed by atoms with Crippen LogP contribution in [0.25, 0.3) is 0 Å². The Balaban J connectivity index is 1.67. The minimum absolute atomic E-state index is 0.222. The van der Waals surface area contributed by atoms with Crippen LogP contribution in [0.1, 0.15) is 24.8 Å². The Hall–Kier alpha value is -0.910. The van der Waals surface area contributed by atoms with Gasteiger partial charge in [0.05, 0.1) is 12.3 Å². The van der Waals surface area contributed by atoms with Crippen molar-refractivity contribution in [2.75, 3.05) is 26.3 Å². The fourth-order valence-electron chi connectivity index (χ4n) is 2.36. The van der Waals surface area contributed by atoms with E-state index in [1.807, 2.05) is 17.9 Å². The minimum Gasteiger partial charge on any atom is -0.396 e. The highest BCUT2D eigenvalue weighted by Gasteiger charge is 2.19. The summed E-state index contributed by atoms with van der Waals surface area (Å²) in [6.45, 7) is 4.05. The molecule has 2 heterocycles. The molecule has 18 heavy (non-hydrogen) atoms. The third kappa shape index (κ3) is 4.08. The predicted molar refractivity (Wildman–Crippen MR) is 69.2 cm³/mol. The van der Waals surface area contributed by atoms with Crippen LogP contribution in [0.5, 0.6) is 0 Å². The first kappa shape index (κ1) is 13.5. The molecule has 1 aromatic heterocycles. The van der Waals surface area contributed by atoms with Gasteiger partial charge in [-0.3, -0.25) is 9.58 Å². The number of likely N-dealkylation sites (tertiary alicyclic amines) is 1. The maximum Gasteiger partial charge on any atom is 0.0599 e. The first-order valence-corrected chi connectivity index (χ1v) is 6.70.